The number of amides is 1. The van der Waals surface area contributed by atoms with Gasteiger partial charge in [-0.3, -0.25) is 14.5 Å². The first-order valence-electron chi connectivity index (χ1n) is 13.9. The topological polar surface area (TPSA) is 59.1 Å². The van der Waals surface area contributed by atoms with Crippen molar-refractivity contribution in [1.29, 1.82) is 0 Å². The van der Waals surface area contributed by atoms with Gasteiger partial charge in [-0.2, -0.15) is 0 Å². The lowest BCUT2D eigenvalue weighted by Crippen LogP contribution is -2.53. The van der Waals surface area contributed by atoms with E-state index in [1.165, 1.54) is 0 Å². The molecule has 1 amide bonds. The fourth-order valence-corrected chi connectivity index (χ4v) is 6.88. The summed E-state index contributed by atoms with van der Waals surface area (Å²) in [6.45, 7) is 3.00. The molecule has 0 aliphatic carbocycles. The Morgan fingerprint density at radius 1 is 0.902 bits per heavy atom. The second-order valence-corrected chi connectivity index (χ2v) is 10.9. The van der Waals surface area contributed by atoms with Crippen molar-refractivity contribution in [1.82, 2.24) is 4.90 Å². The molecule has 41 heavy (non-hydrogen) atoms. The van der Waals surface area contributed by atoms with Crippen LogP contribution < -0.4 is 14.4 Å². The van der Waals surface area contributed by atoms with E-state index in [0.29, 0.717) is 30.2 Å². The van der Waals surface area contributed by atoms with Gasteiger partial charge in [-0.05, 0) is 42.8 Å². The second kappa shape index (κ2) is 10.5. The molecule has 4 aromatic rings. The van der Waals surface area contributed by atoms with Crippen molar-refractivity contribution in [2.45, 2.75) is 24.9 Å². The summed E-state index contributed by atoms with van der Waals surface area (Å²) in [5.41, 5.74) is 4.21. The molecule has 4 aromatic carbocycles. The third kappa shape index (κ3) is 4.13. The largest absolute Gasteiger partial charge is 0.497 e. The molecule has 1 saturated heterocycles. The maximum absolute atomic E-state index is 15.0. The van der Waals surface area contributed by atoms with Gasteiger partial charge in [0.25, 0.3) is 5.91 Å². The molecule has 0 saturated carbocycles. The lowest BCUT2D eigenvalue weighted by Gasteiger charge is -2.36. The monoisotopic (exact) mass is 546 g/mol. The van der Waals surface area contributed by atoms with Gasteiger partial charge in [0, 0.05) is 35.3 Å². The Labute approximate surface area is 241 Å². The normalized spacial score (nSPS) is 21.8. The number of rotatable bonds is 7. The van der Waals surface area contributed by atoms with Gasteiger partial charge in [0.1, 0.15) is 17.0 Å². The van der Waals surface area contributed by atoms with Crippen molar-refractivity contribution in [3.63, 3.8) is 0 Å². The van der Waals surface area contributed by atoms with Gasteiger partial charge in [-0.25, -0.2) is 0 Å². The van der Waals surface area contributed by atoms with Gasteiger partial charge in [0.2, 0.25) is 0 Å². The van der Waals surface area contributed by atoms with Crippen molar-refractivity contribution in [2.24, 2.45) is 5.92 Å². The highest BCUT2D eigenvalue weighted by Gasteiger charge is 2.66. The molecule has 2 heterocycles. The third-order valence-electron chi connectivity index (χ3n) is 8.87. The number of methoxy groups -OCH3 is 2. The fraction of sp³-hybridized carbons (Fsp3) is 0.257. The smallest absolute Gasteiger partial charge is 0.253 e. The number of aryl methyl sites for hydroxylation is 1. The highest BCUT2D eigenvalue weighted by Crippen LogP contribution is 2.58. The summed E-state index contributed by atoms with van der Waals surface area (Å²) < 4.78 is 11.3. The summed E-state index contributed by atoms with van der Waals surface area (Å²) in [6, 6.07) is 31.1. The van der Waals surface area contributed by atoms with Crippen LogP contribution in [0, 0.1) is 12.8 Å². The molecule has 0 N–H and O–H groups in total. The minimum absolute atomic E-state index is 0.0567. The molecule has 3 atom stereocenters. The van der Waals surface area contributed by atoms with Crippen LogP contribution in [0.1, 0.15) is 38.5 Å². The summed E-state index contributed by atoms with van der Waals surface area (Å²) in [5, 5.41) is 0. The van der Waals surface area contributed by atoms with E-state index in [4.69, 9.17) is 9.47 Å². The average Bonchev–Trinajstić information content (AvgIpc) is 3.45. The lowest BCUT2D eigenvalue weighted by atomic mass is 9.70. The zero-order valence-electron chi connectivity index (χ0n) is 23.8. The minimum atomic E-state index is -1.18. The van der Waals surface area contributed by atoms with Gasteiger partial charge >= 0.3 is 0 Å². The minimum Gasteiger partial charge on any atom is -0.497 e. The van der Waals surface area contributed by atoms with E-state index in [0.717, 1.165) is 27.9 Å². The number of ether oxygens (including phenoxy) is 2. The van der Waals surface area contributed by atoms with Crippen LogP contribution in [0.2, 0.25) is 0 Å². The molecule has 0 bridgehead atoms. The maximum Gasteiger partial charge on any atom is 0.253 e. The number of carbonyl (C=O) groups is 2. The Bertz CT molecular complexity index is 1620. The fourth-order valence-electron chi connectivity index (χ4n) is 6.88. The highest BCUT2D eigenvalue weighted by molar-refractivity contribution is 6.13. The molecule has 0 aromatic heterocycles. The van der Waals surface area contributed by atoms with E-state index < -0.39 is 11.5 Å². The predicted octanol–water partition coefficient (Wildman–Crippen LogP) is 5.98. The predicted molar refractivity (Wildman–Crippen MR) is 160 cm³/mol. The van der Waals surface area contributed by atoms with Crippen molar-refractivity contribution < 1.29 is 19.1 Å². The quantitative estimate of drug-likeness (QED) is 0.267. The number of carbonyl (C=O) groups excluding carboxylic acids is 2. The second-order valence-electron chi connectivity index (χ2n) is 10.9. The molecular formula is C35H34N2O4. The summed E-state index contributed by atoms with van der Waals surface area (Å²) >= 11 is 0. The van der Waals surface area contributed by atoms with Gasteiger partial charge < -0.3 is 14.4 Å². The first kappa shape index (κ1) is 26.8. The van der Waals surface area contributed by atoms with E-state index >= 15 is 0 Å². The summed E-state index contributed by atoms with van der Waals surface area (Å²) in [6.07, 6.45) is 0. The number of hydrogen-bond acceptors (Lipinski definition) is 5. The lowest BCUT2D eigenvalue weighted by molar-refractivity contribution is -0.129. The van der Waals surface area contributed by atoms with Crippen LogP contribution in [-0.2, 0) is 16.9 Å². The number of fused-ring (bicyclic) bond motifs is 2. The average molecular weight is 547 g/mol. The number of benzene rings is 4. The van der Waals surface area contributed by atoms with E-state index in [1.807, 2.05) is 96.9 Å². The molecule has 6 nitrogen and oxygen atoms in total. The van der Waals surface area contributed by atoms with Crippen molar-refractivity contribution in [3.05, 3.63) is 125 Å². The molecule has 0 radical (unpaired) electrons. The number of nitrogens with zero attached hydrogens (tertiary/aromatic N) is 2. The van der Waals surface area contributed by atoms with Crippen LogP contribution in [0.4, 0.5) is 5.69 Å². The molecule has 6 heteroatoms. The number of anilines is 1. The van der Waals surface area contributed by atoms with Crippen LogP contribution >= 0.6 is 0 Å². The van der Waals surface area contributed by atoms with Gasteiger partial charge in [-0.1, -0.05) is 78.9 Å². The van der Waals surface area contributed by atoms with Crippen molar-refractivity contribution >= 4 is 17.4 Å². The standard InChI is InChI=1S/C35H34N2O4/c1-23-12-8-9-15-25(23)21-37-30-17-11-10-16-29(30)35(34(37)39)32(33(38)24-13-6-5-7-14-24)28(22-36(35)2)27-19-18-26(40-3)20-31(27)41-4/h5-20,28,32H,21-22H2,1-4H3/t28-,32-,35-/m0/s1. The molecule has 6 rings (SSSR count). The Balaban J connectivity index is 1.56. The molecule has 208 valence electrons. The van der Waals surface area contributed by atoms with E-state index in [1.54, 1.807) is 14.2 Å². The highest BCUT2D eigenvalue weighted by atomic mass is 16.5. The van der Waals surface area contributed by atoms with Crippen LogP contribution in [0.25, 0.3) is 0 Å². The molecule has 2 aliphatic rings. The van der Waals surface area contributed by atoms with E-state index in [-0.39, 0.29) is 17.6 Å². The molecule has 2 aliphatic heterocycles. The summed E-state index contributed by atoms with van der Waals surface area (Å²) in [4.78, 5) is 33.6. The SMILES string of the molecule is COc1ccc([C@@H]2CN(C)[C@]3(C(=O)N(Cc4ccccc4C)c4ccccc43)[C@@H]2C(=O)c2ccccc2)c(OC)c1. The zero-order chi connectivity index (χ0) is 28.7. The first-order valence-corrected chi connectivity index (χ1v) is 13.9. The number of hydrogen-bond donors (Lipinski definition) is 0. The number of ketones is 1. The Hall–Kier alpha value is -4.42. The Morgan fingerprint density at radius 2 is 1.61 bits per heavy atom. The van der Waals surface area contributed by atoms with Crippen LogP contribution in [-0.4, -0.2) is 44.4 Å². The van der Waals surface area contributed by atoms with Crippen LogP contribution in [0.15, 0.2) is 97.1 Å². The maximum atomic E-state index is 15.0. The van der Waals surface area contributed by atoms with Crippen LogP contribution in [0.3, 0.4) is 0 Å². The number of Topliss-reactive ketones (excluding diaryl/α,β-unsaturated/α-hetero) is 1. The molecule has 0 unspecified atom stereocenters. The van der Waals surface area contributed by atoms with Crippen molar-refractivity contribution in [3.8, 4) is 11.5 Å². The molecule has 1 fully saturated rings. The third-order valence-corrected chi connectivity index (χ3v) is 8.87. The first-order chi connectivity index (χ1) is 19.9. The Kier molecular flexibility index (Phi) is 6.88. The van der Waals surface area contributed by atoms with Crippen molar-refractivity contribution in [2.75, 3.05) is 32.7 Å². The number of para-hydroxylation sites is 1. The van der Waals surface area contributed by atoms with E-state index in [2.05, 4.69) is 24.0 Å². The zero-order valence-corrected chi connectivity index (χ0v) is 23.8. The van der Waals surface area contributed by atoms with Gasteiger partial charge in [-0.15, -0.1) is 0 Å². The van der Waals surface area contributed by atoms with E-state index in [9.17, 15) is 9.59 Å². The summed E-state index contributed by atoms with van der Waals surface area (Å²) in [7, 11) is 5.21. The number of likely N-dealkylation sites (tertiary alicyclic amines) is 1. The van der Waals surface area contributed by atoms with Gasteiger partial charge in [0.05, 0.1) is 26.7 Å². The molecular weight excluding hydrogens is 512 g/mol. The summed E-state index contributed by atoms with van der Waals surface area (Å²) in [5.74, 6) is 0.189. The molecule has 1 spiro atoms. The number of likely N-dealkylation sites (N-methyl/N-ethyl adjacent to an activating group) is 1. The van der Waals surface area contributed by atoms with Crippen LogP contribution in [0.5, 0.6) is 11.5 Å². The van der Waals surface area contributed by atoms with Gasteiger partial charge in [0.15, 0.2) is 5.78 Å². The Morgan fingerprint density at radius 3 is 2.34 bits per heavy atom.